The van der Waals surface area contributed by atoms with Crippen LogP contribution in [0.25, 0.3) is 0 Å². The second-order valence-corrected chi connectivity index (χ2v) is 8.54. The molecule has 4 heteroatoms. The molecule has 0 aromatic heterocycles. The lowest BCUT2D eigenvalue weighted by Crippen LogP contribution is -2.13. The third kappa shape index (κ3) is 12.1. The number of benzene rings is 3. The highest BCUT2D eigenvalue weighted by atomic mass is 32.2. The molecule has 3 nitrogen and oxygen atoms in total. The number of unbranched alkanes of at least 4 members (excludes halogenated alkanes) is 1. The molecule has 0 saturated heterocycles. The number of ketones is 1. The molecule has 3 rings (SSSR count). The van der Waals surface area contributed by atoms with E-state index >= 15 is 0 Å². The molecule has 0 aliphatic heterocycles. The van der Waals surface area contributed by atoms with Crippen LogP contribution in [0.15, 0.2) is 104 Å². The van der Waals surface area contributed by atoms with Crippen molar-refractivity contribution in [1.29, 1.82) is 0 Å². The molecule has 1 atom stereocenters. The van der Waals surface area contributed by atoms with Crippen LogP contribution in [0.5, 0.6) is 5.75 Å². The van der Waals surface area contributed by atoms with Crippen molar-refractivity contribution in [3.05, 3.63) is 115 Å². The van der Waals surface area contributed by atoms with Gasteiger partial charge in [0.25, 0.3) is 0 Å². The Labute approximate surface area is 203 Å². The largest absolute Gasteiger partial charge is 0.325 e. The van der Waals surface area contributed by atoms with Crippen molar-refractivity contribution < 1.29 is 14.0 Å². The molecule has 3 aromatic rings. The zero-order chi connectivity index (χ0) is 23.6. The summed E-state index contributed by atoms with van der Waals surface area (Å²) in [5, 5.41) is 0. The van der Waals surface area contributed by atoms with Gasteiger partial charge in [0.15, 0.2) is 5.75 Å². The molecule has 0 spiro atoms. The summed E-state index contributed by atoms with van der Waals surface area (Å²) in [7, 11) is 0. The third-order valence-electron chi connectivity index (χ3n) is 5.00. The second kappa shape index (κ2) is 16.8. The summed E-state index contributed by atoms with van der Waals surface area (Å²) < 4.78 is 5.06. The van der Waals surface area contributed by atoms with Gasteiger partial charge >= 0.3 is 0 Å². The van der Waals surface area contributed by atoms with E-state index in [0.717, 1.165) is 37.2 Å². The lowest BCUT2D eigenvalue weighted by atomic mass is 9.94. The molecule has 0 N–H and O–H groups in total. The maximum absolute atomic E-state index is 11.8. The average Bonchev–Trinajstić information content (AvgIpc) is 2.86. The SMILES string of the molecule is C=CCCCC(=O)C(C)Cc1ccccc1.c1ccc(CCSOOc2ccccc2)cc1. The molecule has 0 aliphatic carbocycles. The number of hydrogen-bond acceptors (Lipinski definition) is 4. The maximum atomic E-state index is 11.8. The Kier molecular flexibility index (Phi) is 13.4. The Balaban J connectivity index is 0.000000234. The summed E-state index contributed by atoms with van der Waals surface area (Å²) in [4.78, 5) is 16.9. The molecule has 3 aromatic carbocycles. The molecule has 0 heterocycles. The number of hydrogen-bond donors (Lipinski definition) is 0. The highest BCUT2D eigenvalue weighted by Gasteiger charge is 2.12. The predicted octanol–water partition coefficient (Wildman–Crippen LogP) is 7.68. The number of Topliss-reactive ketones (excluding diaryl/α,β-unsaturated/α-hetero) is 1. The van der Waals surface area contributed by atoms with Crippen LogP contribution in [-0.4, -0.2) is 11.5 Å². The van der Waals surface area contributed by atoms with E-state index in [9.17, 15) is 4.79 Å². The molecular formula is C29H34O3S. The number of allylic oxidation sites excluding steroid dienone is 1. The van der Waals surface area contributed by atoms with E-state index in [4.69, 9.17) is 9.22 Å². The number of rotatable bonds is 13. The third-order valence-corrected chi connectivity index (χ3v) is 5.54. The zero-order valence-electron chi connectivity index (χ0n) is 19.4. The molecule has 0 bridgehead atoms. The van der Waals surface area contributed by atoms with Gasteiger partial charge in [-0.3, -0.25) is 4.79 Å². The van der Waals surface area contributed by atoms with Crippen LogP contribution in [0.2, 0.25) is 0 Å². The number of carbonyl (C=O) groups is 1. The highest BCUT2D eigenvalue weighted by Crippen LogP contribution is 2.14. The fourth-order valence-electron chi connectivity index (χ4n) is 3.13. The van der Waals surface area contributed by atoms with E-state index in [2.05, 4.69) is 30.8 Å². The predicted molar refractivity (Wildman–Crippen MR) is 139 cm³/mol. The van der Waals surface area contributed by atoms with Crippen molar-refractivity contribution in [2.75, 3.05) is 5.75 Å². The monoisotopic (exact) mass is 462 g/mol. The normalized spacial score (nSPS) is 11.1. The van der Waals surface area contributed by atoms with Gasteiger partial charge in [0.2, 0.25) is 0 Å². The molecule has 33 heavy (non-hydrogen) atoms. The Bertz CT molecular complexity index is 856. The smallest absolute Gasteiger partial charge is 0.166 e. The molecule has 0 fully saturated rings. The van der Waals surface area contributed by atoms with Crippen molar-refractivity contribution in [2.45, 2.75) is 39.0 Å². The summed E-state index contributed by atoms with van der Waals surface area (Å²) in [5.74, 6) is 2.09. The van der Waals surface area contributed by atoms with Gasteiger partial charge in [0.1, 0.15) is 5.78 Å². The standard InChI is InChI=1S/C15H20O.C14H14O2S/c1-3-4-6-11-15(16)13(2)12-14-9-7-5-8-10-14;1-3-7-13(8-4-1)11-12-17-16-15-14-9-5-2-6-10-14/h3,5,7-10,13H,1,4,6,11-12H2,2H3;1-10H,11-12H2. The van der Waals surface area contributed by atoms with Crippen LogP contribution in [0.4, 0.5) is 0 Å². The number of aryl methyl sites for hydroxylation is 1. The van der Waals surface area contributed by atoms with Gasteiger partial charge in [0, 0.05) is 30.1 Å². The Morgan fingerprint density at radius 2 is 1.48 bits per heavy atom. The maximum Gasteiger partial charge on any atom is 0.166 e. The van der Waals surface area contributed by atoms with E-state index in [1.54, 1.807) is 0 Å². The highest BCUT2D eigenvalue weighted by molar-refractivity contribution is 7.94. The lowest BCUT2D eigenvalue weighted by molar-refractivity contribution is -0.122. The summed E-state index contributed by atoms with van der Waals surface area (Å²) >= 11 is 1.32. The molecular weight excluding hydrogens is 428 g/mol. The molecule has 1 unspecified atom stereocenters. The second-order valence-electron chi connectivity index (χ2n) is 7.76. The molecule has 0 aliphatic rings. The lowest BCUT2D eigenvalue weighted by Gasteiger charge is -2.09. The first kappa shape index (κ1) is 26.4. The quantitative estimate of drug-likeness (QED) is 0.0858. The van der Waals surface area contributed by atoms with Crippen LogP contribution in [0.3, 0.4) is 0 Å². The first-order valence-electron chi connectivity index (χ1n) is 11.4. The van der Waals surface area contributed by atoms with E-state index < -0.39 is 0 Å². The summed E-state index contributed by atoms with van der Waals surface area (Å²) in [6.45, 7) is 5.68. The van der Waals surface area contributed by atoms with E-state index in [1.165, 1.54) is 23.2 Å². The first-order chi connectivity index (χ1) is 16.2. The van der Waals surface area contributed by atoms with Gasteiger partial charge < -0.3 is 4.89 Å². The Morgan fingerprint density at radius 3 is 2.09 bits per heavy atom. The first-order valence-corrected chi connectivity index (χ1v) is 12.3. The van der Waals surface area contributed by atoms with Gasteiger partial charge in [-0.1, -0.05) is 91.9 Å². The minimum Gasteiger partial charge on any atom is -0.325 e. The molecule has 0 radical (unpaired) electrons. The average molecular weight is 463 g/mol. The molecule has 174 valence electrons. The van der Waals surface area contributed by atoms with Crippen LogP contribution < -0.4 is 4.89 Å². The van der Waals surface area contributed by atoms with Crippen LogP contribution >= 0.6 is 12.0 Å². The van der Waals surface area contributed by atoms with E-state index in [-0.39, 0.29) is 5.92 Å². The van der Waals surface area contributed by atoms with Gasteiger partial charge in [0.05, 0.1) is 0 Å². The Hall–Kier alpha value is -2.82. The van der Waals surface area contributed by atoms with Crippen LogP contribution in [0, 0.1) is 5.92 Å². The number of carbonyl (C=O) groups excluding carboxylic acids is 1. The Morgan fingerprint density at radius 1 is 0.909 bits per heavy atom. The fourth-order valence-corrected chi connectivity index (χ4v) is 3.64. The minimum absolute atomic E-state index is 0.132. The van der Waals surface area contributed by atoms with Gasteiger partial charge in [-0.15, -0.1) is 10.9 Å². The summed E-state index contributed by atoms with van der Waals surface area (Å²) in [6.07, 6.45) is 6.25. The zero-order valence-corrected chi connectivity index (χ0v) is 20.2. The van der Waals surface area contributed by atoms with Crippen molar-refractivity contribution >= 4 is 17.8 Å². The molecule has 0 saturated carbocycles. The van der Waals surface area contributed by atoms with Crippen LogP contribution in [-0.2, 0) is 22.0 Å². The minimum atomic E-state index is 0.132. The summed E-state index contributed by atoms with van der Waals surface area (Å²) in [6, 6.07) is 30.0. The van der Waals surface area contributed by atoms with E-state index in [0.29, 0.717) is 12.2 Å². The van der Waals surface area contributed by atoms with Crippen molar-refractivity contribution in [3.63, 3.8) is 0 Å². The summed E-state index contributed by atoms with van der Waals surface area (Å²) in [5.41, 5.74) is 2.55. The molecule has 0 amide bonds. The van der Waals surface area contributed by atoms with Crippen molar-refractivity contribution in [2.24, 2.45) is 5.92 Å². The van der Waals surface area contributed by atoms with Gasteiger partial charge in [-0.2, -0.15) is 0 Å². The fraction of sp³-hybridized carbons (Fsp3) is 0.276. The van der Waals surface area contributed by atoms with Crippen LogP contribution in [0.1, 0.15) is 37.3 Å². The topological polar surface area (TPSA) is 35.5 Å². The number of para-hydroxylation sites is 1. The van der Waals surface area contributed by atoms with Gasteiger partial charge in [-0.05, 0) is 48.9 Å². The van der Waals surface area contributed by atoms with Crippen molar-refractivity contribution in [3.8, 4) is 5.75 Å². The van der Waals surface area contributed by atoms with Gasteiger partial charge in [-0.25, -0.2) is 0 Å². The van der Waals surface area contributed by atoms with Crippen molar-refractivity contribution in [1.82, 2.24) is 0 Å². The van der Waals surface area contributed by atoms with E-state index in [1.807, 2.05) is 79.7 Å².